The minimum absolute atomic E-state index is 0.0221. The van der Waals surface area contributed by atoms with Crippen molar-refractivity contribution in [3.8, 4) is 0 Å². The van der Waals surface area contributed by atoms with Gasteiger partial charge in [0, 0.05) is 30.3 Å². The molecule has 4 rings (SSSR count). The number of hydrogen-bond acceptors (Lipinski definition) is 4. The molecule has 0 aromatic heterocycles. The van der Waals surface area contributed by atoms with Gasteiger partial charge < -0.3 is 10.2 Å². The highest BCUT2D eigenvalue weighted by molar-refractivity contribution is 7.89. The summed E-state index contributed by atoms with van der Waals surface area (Å²) in [4.78, 5) is 27.9. The van der Waals surface area contributed by atoms with Gasteiger partial charge in [0.2, 0.25) is 15.9 Å². The van der Waals surface area contributed by atoms with Crippen LogP contribution in [0.25, 0.3) is 10.8 Å². The minimum atomic E-state index is -3.62. The number of rotatable bonds is 5. The van der Waals surface area contributed by atoms with Gasteiger partial charge >= 0.3 is 0 Å². The van der Waals surface area contributed by atoms with Gasteiger partial charge in [0.25, 0.3) is 5.91 Å². The van der Waals surface area contributed by atoms with Crippen LogP contribution in [0.1, 0.15) is 28.8 Å². The number of carbonyl (C=O) groups excluding carboxylic acids is 2. The van der Waals surface area contributed by atoms with E-state index in [1.807, 2.05) is 42.5 Å². The molecule has 3 aromatic carbocycles. The second-order valence-electron chi connectivity index (χ2n) is 8.27. The summed E-state index contributed by atoms with van der Waals surface area (Å²) in [7, 11) is -2.26. The molecule has 1 saturated heterocycles. The first kappa shape index (κ1) is 22.9. The Morgan fingerprint density at radius 3 is 2.39 bits per heavy atom. The third-order valence-electron chi connectivity index (χ3n) is 6.19. The van der Waals surface area contributed by atoms with Gasteiger partial charge in [-0.3, -0.25) is 9.59 Å². The van der Waals surface area contributed by atoms with Crippen LogP contribution < -0.4 is 10.0 Å². The van der Waals surface area contributed by atoms with Crippen LogP contribution in [0, 0.1) is 12.8 Å². The lowest BCUT2D eigenvalue weighted by molar-refractivity contribution is -0.121. The fourth-order valence-electron chi connectivity index (χ4n) is 4.25. The van der Waals surface area contributed by atoms with Crippen LogP contribution in [0.15, 0.2) is 65.6 Å². The number of sulfonamides is 1. The van der Waals surface area contributed by atoms with E-state index >= 15 is 0 Å². The van der Waals surface area contributed by atoms with Crippen molar-refractivity contribution in [2.45, 2.75) is 24.7 Å². The van der Waals surface area contributed by atoms with Crippen molar-refractivity contribution in [1.29, 1.82) is 0 Å². The molecule has 8 heteroatoms. The van der Waals surface area contributed by atoms with Gasteiger partial charge in [-0.2, -0.15) is 0 Å². The van der Waals surface area contributed by atoms with Crippen molar-refractivity contribution in [2.75, 3.05) is 25.5 Å². The van der Waals surface area contributed by atoms with E-state index in [1.54, 1.807) is 24.0 Å². The smallest absolute Gasteiger partial charge is 0.254 e. The van der Waals surface area contributed by atoms with Crippen molar-refractivity contribution in [1.82, 2.24) is 9.62 Å². The summed E-state index contributed by atoms with van der Waals surface area (Å²) in [6.45, 7) is 2.69. The number of aryl methyl sites for hydroxylation is 1. The summed E-state index contributed by atoms with van der Waals surface area (Å²) in [5.74, 6) is -0.428. The molecule has 2 N–H and O–H groups in total. The summed E-state index contributed by atoms with van der Waals surface area (Å²) >= 11 is 0. The summed E-state index contributed by atoms with van der Waals surface area (Å²) in [5.41, 5.74) is 1.71. The number of piperidine rings is 1. The minimum Gasteiger partial charge on any atom is -0.339 e. The van der Waals surface area contributed by atoms with Crippen LogP contribution in [0.4, 0.5) is 5.69 Å². The molecule has 0 spiro atoms. The van der Waals surface area contributed by atoms with Crippen LogP contribution in [0.5, 0.6) is 0 Å². The Morgan fingerprint density at radius 1 is 0.970 bits per heavy atom. The molecular formula is C25H27N3O4S. The summed E-state index contributed by atoms with van der Waals surface area (Å²) < 4.78 is 26.7. The first-order valence-electron chi connectivity index (χ1n) is 10.9. The predicted molar refractivity (Wildman–Crippen MR) is 129 cm³/mol. The quantitative estimate of drug-likeness (QED) is 0.602. The van der Waals surface area contributed by atoms with Crippen molar-refractivity contribution in [3.05, 3.63) is 71.8 Å². The normalized spacial score (nSPS) is 14.9. The van der Waals surface area contributed by atoms with Crippen LogP contribution >= 0.6 is 0 Å². The third kappa shape index (κ3) is 4.77. The summed E-state index contributed by atoms with van der Waals surface area (Å²) in [6.07, 6.45) is 1.10. The van der Waals surface area contributed by atoms with Gasteiger partial charge in [-0.15, -0.1) is 0 Å². The fourth-order valence-corrected chi connectivity index (χ4v) is 5.24. The van der Waals surface area contributed by atoms with Gasteiger partial charge in [0.15, 0.2) is 0 Å². The van der Waals surface area contributed by atoms with E-state index in [0.717, 1.165) is 10.8 Å². The molecule has 7 nitrogen and oxygen atoms in total. The molecule has 1 aliphatic rings. The Labute approximate surface area is 193 Å². The highest BCUT2D eigenvalue weighted by Gasteiger charge is 2.28. The lowest BCUT2D eigenvalue weighted by Gasteiger charge is -2.31. The maximum atomic E-state index is 13.1. The standard InChI is InChI=1S/C25H27N3O4S/c1-17-10-11-20(16-23(17)33(31,32)26-2)27-24(29)19-12-14-28(15-13-19)25(30)22-9-5-7-18-6-3-4-8-21(18)22/h3-11,16,19,26H,12-15H2,1-2H3,(H,27,29). The highest BCUT2D eigenvalue weighted by atomic mass is 32.2. The largest absolute Gasteiger partial charge is 0.339 e. The van der Waals surface area contributed by atoms with Gasteiger partial charge in [0.1, 0.15) is 0 Å². The Hall–Kier alpha value is -3.23. The van der Waals surface area contributed by atoms with Crippen molar-refractivity contribution in [3.63, 3.8) is 0 Å². The molecule has 0 unspecified atom stereocenters. The Kier molecular flexibility index (Phi) is 6.49. The van der Waals surface area contributed by atoms with Gasteiger partial charge in [-0.25, -0.2) is 13.1 Å². The zero-order valence-corrected chi connectivity index (χ0v) is 19.5. The first-order valence-corrected chi connectivity index (χ1v) is 12.4. The van der Waals surface area contributed by atoms with Crippen LogP contribution in [-0.4, -0.2) is 45.3 Å². The average Bonchev–Trinajstić information content (AvgIpc) is 2.84. The Balaban J connectivity index is 1.41. The zero-order valence-electron chi connectivity index (χ0n) is 18.7. The summed E-state index contributed by atoms with van der Waals surface area (Å²) in [6, 6.07) is 18.4. The molecule has 0 radical (unpaired) electrons. The SMILES string of the molecule is CNS(=O)(=O)c1cc(NC(=O)C2CCN(C(=O)c3cccc4ccccc34)CC2)ccc1C. The molecule has 0 aliphatic carbocycles. The average molecular weight is 466 g/mol. The van der Waals surface area contributed by atoms with E-state index in [9.17, 15) is 18.0 Å². The van der Waals surface area contributed by atoms with E-state index in [2.05, 4.69) is 10.0 Å². The number of benzene rings is 3. The molecule has 172 valence electrons. The van der Waals surface area contributed by atoms with Crippen molar-refractivity contribution < 1.29 is 18.0 Å². The van der Waals surface area contributed by atoms with Crippen LogP contribution in [0.3, 0.4) is 0 Å². The highest BCUT2D eigenvalue weighted by Crippen LogP contribution is 2.25. The lowest BCUT2D eigenvalue weighted by Crippen LogP contribution is -2.41. The Bertz CT molecular complexity index is 1310. The second kappa shape index (κ2) is 9.33. The molecule has 2 amide bonds. The monoisotopic (exact) mass is 465 g/mol. The number of hydrogen-bond donors (Lipinski definition) is 2. The molecule has 0 atom stereocenters. The number of likely N-dealkylation sites (tertiary alicyclic amines) is 1. The van der Waals surface area contributed by atoms with E-state index in [-0.39, 0.29) is 22.6 Å². The maximum Gasteiger partial charge on any atom is 0.254 e. The molecule has 0 saturated carbocycles. The van der Waals surface area contributed by atoms with Gasteiger partial charge in [-0.05, 0) is 61.3 Å². The van der Waals surface area contributed by atoms with Crippen molar-refractivity contribution in [2.24, 2.45) is 5.92 Å². The number of carbonyl (C=O) groups is 2. The lowest BCUT2D eigenvalue weighted by atomic mass is 9.94. The number of nitrogens with zero attached hydrogens (tertiary/aromatic N) is 1. The van der Waals surface area contributed by atoms with Crippen molar-refractivity contribution >= 4 is 38.3 Å². The maximum absolute atomic E-state index is 13.1. The molecule has 1 aliphatic heterocycles. The molecule has 1 heterocycles. The number of amides is 2. The molecule has 33 heavy (non-hydrogen) atoms. The van der Waals surface area contributed by atoms with E-state index in [0.29, 0.717) is 42.7 Å². The molecule has 1 fully saturated rings. The van der Waals surface area contributed by atoms with E-state index in [4.69, 9.17) is 0 Å². The third-order valence-corrected chi connectivity index (χ3v) is 7.74. The van der Waals surface area contributed by atoms with E-state index < -0.39 is 10.0 Å². The topological polar surface area (TPSA) is 95.6 Å². The van der Waals surface area contributed by atoms with E-state index in [1.165, 1.54) is 13.1 Å². The first-order chi connectivity index (χ1) is 15.8. The van der Waals surface area contributed by atoms with Gasteiger partial charge in [0.05, 0.1) is 4.90 Å². The summed E-state index contributed by atoms with van der Waals surface area (Å²) in [5, 5.41) is 4.79. The number of anilines is 1. The van der Waals surface area contributed by atoms with Crippen LogP contribution in [-0.2, 0) is 14.8 Å². The second-order valence-corrected chi connectivity index (χ2v) is 10.1. The fraction of sp³-hybridized carbons (Fsp3) is 0.280. The predicted octanol–water partition coefficient (Wildman–Crippen LogP) is 3.55. The van der Waals surface area contributed by atoms with Gasteiger partial charge in [-0.1, -0.05) is 42.5 Å². The molecule has 0 bridgehead atoms. The zero-order chi connectivity index (χ0) is 23.6. The number of fused-ring (bicyclic) bond motifs is 1. The molecular weight excluding hydrogens is 438 g/mol. The number of nitrogens with one attached hydrogen (secondary N) is 2. The molecule has 3 aromatic rings. The Morgan fingerprint density at radius 2 is 1.67 bits per heavy atom. The van der Waals surface area contributed by atoms with Crippen LogP contribution in [0.2, 0.25) is 0 Å².